The van der Waals surface area contributed by atoms with E-state index in [1.165, 1.54) is 0 Å². The first-order valence-electron chi connectivity index (χ1n) is 6.27. The number of benzene rings is 2. The lowest BCUT2D eigenvalue weighted by Gasteiger charge is -2.28. The fraction of sp³-hybridized carbons (Fsp3) is 0.200. The Morgan fingerprint density at radius 3 is 2.85 bits per heavy atom. The molecule has 0 aromatic heterocycles. The quantitative estimate of drug-likeness (QED) is 0.730. The van der Waals surface area contributed by atoms with Gasteiger partial charge in [-0.05, 0) is 36.4 Å². The summed E-state index contributed by atoms with van der Waals surface area (Å²) in [5, 5.41) is 4.79. The normalized spacial score (nSPS) is 17.2. The number of hydrogen-bond donors (Lipinski definition) is 1. The lowest BCUT2D eigenvalue weighted by molar-refractivity contribution is 0.274. The van der Waals surface area contributed by atoms with Gasteiger partial charge in [0, 0.05) is 21.5 Å². The number of fused-ring (bicyclic) bond motifs is 1. The zero-order valence-corrected chi connectivity index (χ0v) is 13.6. The third kappa shape index (κ3) is 2.90. The predicted octanol–water partition coefficient (Wildman–Crippen LogP) is 5.69. The summed E-state index contributed by atoms with van der Waals surface area (Å²) < 4.78 is 6.71. The maximum atomic E-state index is 6.21. The summed E-state index contributed by atoms with van der Waals surface area (Å²) in [5.74, 6) is 0.912. The van der Waals surface area contributed by atoms with Gasteiger partial charge in [0.2, 0.25) is 0 Å². The van der Waals surface area contributed by atoms with Crippen LogP contribution in [0.25, 0.3) is 0 Å². The van der Waals surface area contributed by atoms with Gasteiger partial charge in [-0.2, -0.15) is 0 Å². The first-order chi connectivity index (χ1) is 9.63. The average Bonchev–Trinajstić information content (AvgIpc) is 2.43. The van der Waals surface area contributed by atoms with E-state index in [2.05, 4.69) is 27.3 Å². The molecular weight excluding hydrogens is 361 g/mol. The first-order valence-corrected chi connectivity index (χ1v) is 7.82. The van der Waals surface area contributed by atoms with Crippen LogP contribution >= 0.6 is 39.1 Å². The molecule has 0 fully saturated rings. The van der Waals surface area contributed by atoms with Crippen molar-refractivity contribution in [1.29, 1.82) is 0 Å². The molecule has 0 saturated heterocycles. The van der Waals surface area contributed by atoms with Crippen LogP contribution in [0.4, 0.5) is 5.69 Å². The first kappa shape index (κ1) is 14.1. The van der Waals surface area contributed by atoms with Gasteiger partial charge in [-0.3, -0.25) is 0 Å². The van der Waals surface area contributed by atoms with Crippen LogP contribution in [0.5, 0.6) is 5.75 Å². The second-order valence-electron chi connectivity index (χ2n) is 4.64. The van der Waals surface area contributed by atoms with E-state index in [-0.39, 0.29) is 6.04 Å². The molecule has 2 nitrogen and oxygen atoms in total. The monoisotopic (exact) mass is 371 g/mol. The molecule has 1 aliphatic rings. The molecule has 1 heterocycles. The Morgan fingerprint density at radius 1 is 1.15 bits per heavy atom. The molecule has 2 aromatic rings. The topological polar surface area (TPSA) is 21.3 Å². The number of anilines is 1. The summed E-state index contributed by atoms with van der Waals surface area (Å²) in [7, 11) is 0. The van der Waals surface area contributed by atoms with Crippen molar-refractivity contribution in [2.45, 2.75) is 12.5 Å². The summed E-state index contributed by atoms with van der Waals surface area (Å²) in [6.07, 6.45) is 0.881. The van der Waals surface area contributed by atoms with Crippen molar-refractivity contribution >= 4 is 44.8 Å². The average molecular weight is 373 g/mol. The summed E-state index contributed by atoms with van der Waals surface area (Å²) in [5.41, 5.74) is 1.97. The number of rotatable bonds is 2. The van der Waals surface area contributed by atoms with Crippen molar-refractivity contribution in [3.05, 3.63) is 56.5 Å². The van der Waals surface area contributed by atoms with Gasteiger partial charge in [-0.25, -0.2) is 0 Å². The number of nitrogens with one attached hydrogen (secondary N) is 1. The van der Waals surface area contributed by atoms with E-state index in [1.807, 2.05) is 18.2 Å². The van der Waals surface area contributed by atoms with Gasteiger partial charge in [0.1, 0.15) is 5.75 Å². The number of hydrogen-bond acceptors (Lipinski definition) is 2. The standard InChI is InChI=1S/C15H12BrCl2NO/c16-9-1-4-15-11(7-9)13(5-6-20-15)19-14-8-10(17)2-3-12(14)18/h1-4,7-8,13,19H,5-6H2. The highest BCUT2D eigenvalue weighted by Crippen LogP contribution is 2.37. The van der Waals surface area contributed by atoms with Gasteiger partial charge >= 0.3 is 0 Å². The van der Waals surface area contributed by atoms with Gasteiger partial charge in [-0.1, -0.05) is 39.1 Å². The Kier molecular flexibility index (Phi) is 4.11. The van der Waals surface area contributed by atoms with Crippen LogP contribution in [0, 0.1) is 0 Å². The van der Waals surface area contributed by atoms with Crippen LogP contribution in [0.15, 0.2) is 40.9 Å². The van der Waals surface area contributed by atoms with Crippen molar-refractivity contribution in [2.24, 2.45) is 0 Å². The Morgan fingerprint density at radius 2 is 2.00 bits per heavy atom. The molecule has 0 radical (unpaired) electrons. The molecule has 0 saturated carbocycles. The summed E-state index contributed by atoms with van der Waals surface area (Å²) in [6, 6.07) is 11.6. The van der Waals surface area contributed by atoms with E-state index < -0.39 is 0 Å². The zero-order valence-electron chi connectivity index (χ0n) is 10.5. The van der Waals surface area contributed by atoms with E-state index in [9.17, 15) is 0 Å². The largest absolute Gasteiger partial charge is 0.493 e. The predicted molar refractivity (Wildman–Crippen MR) is 87.1 cm³/mol. The molecule has 1 unspecified atom stereocenters. The second-order valence-corrected chi connectivity index (χ2v) is 6.40. The van der Waals surface area contributed by atoms with Crippen LogP contribution in [0.3, 0.4) is 0 Å². The Bertz CT molecular complexity index is 648. The molecule has 1 atom stereocenters. The third-order valence-electron chi connectivity index (χ3n) is 3.27. The fourth-order valence-electron chi connectivity index (χ4n) is 2.31. The molecule has 20 heavy (non-hydrogen) atoms. The minimum absolute atomic E-state index is 0.159. The summed E-state index contributed by atoms with van der Waals surface area (Å²) in [4.78, 5) is 0. The highest BCUT2D eigenvalue weighted by atomic mass is 79.9. The van der Waals surface area contributed by atoms with Crippen LogP contribution < -0.4 is 10.1 Å². The van der Waals surface area contributed by atoms with Crippen molar-refractivity contribution in [3.8, 4) is 5.75 Å². The third-order valence-corrected chi connectivity index (χ3v) is 4.33. The molecule has 0 amide bonds. The molecular formula is C15H12BrCl2NO. The van der Waals surface area contributed by atoms with Crippen LogP contribution in [0.2, 0.25) is 10.0 Å². The van der Waals surface area contributed by atoms with Crippen molar-refractivity contribution in [2.75, 3.05) is 11.9 Å². The number of halogens is 3. The van der Waals surface area contributed by atoms with E-state index >= 15 is 0 Å². The van der Waals surface area contributed by atoms with E-state index in [4.69, 9.17) is 27.9 Å². The maximum Gasteiger partial charge on any atom is 0.124 e. The molecule has 1 aliphatic heterocycles. The SMILES string of the molecule is Clc1ccc(Cl)c(NC2CCOc3ccc(Br)cc32)c1. The van der Waals surface area contributed by atoms with Crippen LogP contribution in [-0.2, 0) is 0 Å². The minimum Gasteiger partial charge on any atom is -0.493 e. The zero-order chi connectivity index (χ0) is 14.1. The maximum absolute atomic E-state index is 6.21. The molecule has 0 bridgehead atoms. The molecule has 0 spiro atoms. The van der Waals surface area contributed by atoms with Crippen molar-refractivity contribution in [3.63, 3.8) is 0 Å². The molecule has 5 heteroatoms. The van der Waals surface area contributed by atoms with Gasteiger partial charge < -0.3 is 10.1 Å². The number of ether oxygens (including phenoxy) is 1. The van der Waals surface area contributed by atoms with E-state index in [1.54, 1.807) is 12.1 Å². The van der Waals surface area contributed by atoms with E-state index in [0.717, 1.165) is 27.9 Å². The van der Waals surface area contributed by atoms with Crippen molar-refractivity contribution < 1.29 is 4.74 Å². The van der Waals surface area contributed by atoms with Crippen LogP contribution in [0.1, 0.15) is 18.0 Å². The van der Waals surface area contributed by atoms with Crippen molar-refractivity contribution in [1.82, 2.24) is 0 Å². The Hall–Kier alpha value is -0.900. The molecule has 0 aliphatic carbocycles. The van der Waals surface area contributed by atoms with Crippen LogP contribution in [-0.4, -0.2) is 6.61 Å². The van der Waals surface area contributed by atoms with Gasteiger partial charge in [0.15, 0.2) is 0 Å². The summed E-state index contributed by atoms with van der Waals surface area (Å²) in [6.45, 7) is 0.685. The summed E-state index contributed by atoms with van der Waals surface area (Å²) >= 11 is 15.7. The molecule has 1 N–H and O–H groups in total. The minimum atomic E-state index is 0.159. The fourth-order valence-corrected chi connectivity index (χ4v) is 3.03. The van der Waals surface area contributed by atoms with E-state index in [0.29, 0.717) is 16.7 Å². The Labute approximate surface area is 136 Å². The van der Waals surface area contributed by atoms with Gasteiger partial charge in [0.05, 0.1) is 23.4 Å². The molecule has 2 aromatic carbocycles. The van der Waals surface area contributed by atoms with Gasteiger partial charge in [-0.15, -0.1) is 0 Å². The highest BCUT2D eigenvalue weighted by molar-refractivity contribution is 9.10. The molecule has 3 rings (SSSR count). The highest BCUT2D eigenvalue weighted by Gasteiger charge is 2.22. The van der Waals surface area contributed by atoms with Gasteiger partial charge in [0.25, 0.3) is 0 Å². The second kappa shape index (κ2) is 5.84. The lowest BCUT2D eigenvalue weighted by atomic mass is 10.0. The smallest absolute Gasteiger partial charge is 0.124 e. The molecule has 104 valence electrons. The lowest BCUT2D eigenvalue weighted by Crippen LogP contribution is -2.20. The Balaban J connectivity index is 1.93.